The van der Waals surface area contributed by atoms with Crippen molar-refractivity contribution in [3.63, 3.8) is 0 Å². The van der Waals surface area contributed by atoms with Gasteiger partial charge < -0.3 is 14.7 Å². The number of carboxylic acid groups (broad SMARTS) is 1. The van der Waals surface area contributed by atoms with E-state index in [2.05, 4.69) is 6.07 Å². The van der Waals surface area contributed by atoms with Crippen LogP contribution in [0.2, 0.25) is 0 Å². The van der Waals surface area contributed by atoms with Gasteiger partial charge in [0.2, 0.25) is 5.91 Å². The molecule has 2 rings (SSSR count). The van der Waals surface area contributed by atoms with Gasteiger partial charge in [-0.2, -0.15) is 0 Å². The Balaban J connectivity index is 1.67. The third kappa shape index (κ3) is 5.25. The lowest BCUT2D eigenvalue weighted by molar-refractivity contribution is -0.145. The molecule has 1 saturated heterocycles. The summed E-state index contributed by atoms with van der Waals surface area (Å²) in [4.78, 5) is 24.9. The Kier molecular flexibility index (Phi) is 6.64. The Morgan fingerprint density at radius 1 is 1.29 bits per heavy atom. The Morgan fingerprint density at radius 2 is 2.08 bits per heavy atom. The van der Waals surface area contributed by atoms with Crippen molar-refractivity contribution < 1.29 is 19.4 Å². The highest BCUT2D eigenvalue weighted by molar-refractivity contribution is 5.78. The second-order valence-electron chi connectivity index (χ2n) is 6.59. The molecule has 1 atom stereocenters. The van der Waals surface area contributed by atoms with Crippen LogP contribution in [-0.2, 0) is 9.59 Å². The van der Waals surface area contributed by atoms with Gasteiger partial charge in [-0.05, 0) is 56.7 Å². The largest absolute Gasteiger partial charge is 0.493 e. The summed E-state index contributed by atoms with van der Waals surface area (Å²) < 4.78 is 5.79. The molecule has 1 aliphatic rings. The van der Waals surface area contributed by atoms with Crippen molar-refractivity contribution in [1.29, 1.82) is 0 Å². The van der Waals surface area contributed by atoms with Crippen LogP contribution in [0.5, 0.6) is 5.75 Å². The molecule has 0 radical (unpaired) electrons. The SMILES string of the molecule is Cc1ccc(C)c(OCCCCC(=O)N2CCCC(C(=O)O)C2)c1. The molecule has 0 saturated carbocycles. The van der Waals surface area contributed by atoms with E-state index < -0.39 is 11.9 Å². The molecule has 1 unspecified atom stereocenters. The molecule has 0 spiro atoms. The highest BCUT2D eigenvalue weighted by atomic mass is 16.5. The molecule has 1 amide bonds. The third-order valence-electron chi connectivity index (χ3n) is 4.51. The Morgan fingerprint density at radius 3 is 2.83 bits per heavy atom. The van der Waals surface area contributed by atoms with Crippen LogP contribution < -0.4 is 4.74 Å². The summed E-state index contributed by atoms with van der Waals surface area (Å²) in [5.41, 5.74) is 2.29. The van der Waals surface area contributed by atoms with Gasteiger partial charge in [-0.25, -0.2) is 0 Å². The summed E-state index contributed by atoms with van der Waals surface area (Å²) in [6.07, 6.45) is 3.48. The summed E-state index contributed by atoms with van der Waals surface area (Å²) in [5.74, 6) is -0.237. The second-order valence-corrected chi connectivity index (χ2v) is 6.59. The van der Waals surface area contributed by atoms with Gasteiger partial charge in [-0.15, -0.1) is 0 Å². The summed E-state index contributed by atoms with van der Waals surface area (Å²) in [6, 6.07) is 6.13. The standard InChI is InChI=1S/C19H27NO4/c1-14-8-9-15(2)17(12-14)24-11-4-3-7-18(21)20-10-5-6-16(13-20)19(22)23/h8-9,12,16H,3-7,10-11,13H2,1-2H3,(H,22,23). The van der Waals surface area contributed by atoms with Gasteiger partial charge in [0.25, 0.3) is 0 Å². The van der Waals surface area contributed by atoms with Crippen molar-refractivity contribution in [2.45, 2.75) is 46.0 Å². The monoisotopic (exact) mass is 333 g/mol. The number of amides is 1. The Bertz CT molecular complexity index is 585. The lowest BCUT2D eigenvalue weighted by Crippen LogP contribution is -2.42. The fourth-order valence-corrected chi connectivity index (χ4v) is 2.99. The van der Waals surface area contributed by atoms with Crippen LogP contribution in [0.3, 0.4) is 0 Å². The predicted molar refractivity (Wildman–Crippen MR) is 92.2 cm³/mol. The average molecular weight is 333 g/mol. The van der Waals surface area contributed by atoms with Gasteiger partial charge in [-0.3, -0.25) is 9.59 Å². The molecule has 1 heterocycles. The first-order valence-corrected chi connectivity index (χ1v) is 8.68. The average Bonchev–Trinajstić information content (AvgIpc) is 2.57. The van der Waals surface area contributed by atoms with Crippen LogP contribution in [0.4, 0.5) is 0 Å². The van der Waals surface area contributed by atoms with Crippen molar-refractivity contribution in [3.8, 4) is 5.75 Å². The van der Waals surface area contributed by atoms with E-state index in [4.69, 9.17) is 9.84 Å². The predicted octanol–water partition coefficient (Wildman–Crippen LogP) is 3.18. The van der Waals surface area contributed by atoms with Crippen LogP contribution >= 0.6 is 0 Å². The molecule has 5 nitrogen and oxygen atoms in total. The number of ether oxygens (including phenoxy) is 1. The highest BCUT2D eigenvalue weighted by Gasteiger charge is 2.27. The molecule has 1 N–H and O–H groups in total. The minimum Gasteiger partial charge on any atom is -0.493 e. The Labute approximate surface area is 143 Å². The number of hydrogen-bond donors (Lipinski definition) is 1. The summed E-state index contributed by atoms with van der Waals surface area (Å²) in [5, 5.41) is 9.08. The molecular weight excluding hydrogens is 306 g/mol. The molecule has 132 valence electrons. The molecule has 1 aromatic carbocycles. The molecule has 0 aromatic heterocycles. The smallest absolute Gasteiger partial charge is 0.308 e. The topological polar surface area (TPSA) is 66.8 Å². The number of likely N-dealkylation sites (tertiary alicyclic amines) is 1. The van der Waals surface area contributed by atoms with E-state index in [1.165, 1.54) is 5.56 Å². The van der Waals surface area contributed by atoms with E-state index in [0.29, 0.717) is 32.5 Å². The van der Waals surface area contributed by atoms with Gasteiger partial charge in [0, 0.05) is 19.5 Å². The molecule has 0 bridgehead atoms. The first-order chi connectivity index (χ1) is 11.5. The summed E-state index contributed by atoms with van der Waals surface area (Å²) >= 11 is 0. The van der Waals surface area contributed by atoms with Gasteiger partial charge in [0.15, 0.2) is 0 Å². The van der Waals surface area contributed by atoms with Crippen molar-refractivity contribution >= 4 is 11.9 Å². The fraction of sp³-hybridized carbons (Fsp3) is 0.579. The van der Waals surface area contributed by atoms with Gasteiger partial charge in [0.05, 0.1) is 12.5 Å². The summed E-state index contributed by atoms with van der Waals surface area (Å²) in [6.45, 7) is 5.69. The van der Waals surface area contributed by atoms with Crippen molar-refractivity contribution in [1.82, 2.24) is 4.90 Å². The van der Waals surface area contributed by atoms with Gasteiger partial charge in [0.1, 0.15) is 5.75 Å². The molecule has 1 aliphatic heterocycles. The zero-order valence-corrected chi connectivity index (χ0v) is 14.6. The van der Waals surface area contributed by atoms with Crippen molar-refractivity contribution in [3.05, 3.63) is 29.3 Å². The number of rotatable bonds is 7. The normalized spacial score (nSPS) is 17.6. The van der Waals surface area contributed by atoms with Crippen LogP contribution in [0, 0.1) is 19.8 Å². The molecule has 0 aliphatic carbocycles. The quantitative estimate of drug-likeness (QED) is 0.778. The lowest BCUT2D eigenvalue weighted by Gasteiger charge is -2.30. The minimum absolute atomic E-state index is 0.0627. The maximum Gasteiger partial charge on any atom is 0.308 e. The number of aliphatic carboxylic acids is 1. The molecule has 24 heavy (non-hydrogen) atoms. The number of hydrogen-bond acceptors (Lipinski definition) is 3. The molecular formula is C19H27NO4. The zero-order valence-electron chi connectivity index (χ0n) is 14.6. The Hall–Kier alpha value is -2.04. The lowest BCUT2D eigenvalue weighted by atomic mass is 9.98. The maximum atomic E-state index is 12.2. The zero-order chi connectivity index (χ0) is 17.5. The maximum absolute atomic E-state index is 12.2. The fourth-order valence-electron chi connectivity index (χ4n) is 2.99. The van der Waals surface area contributed by atoms with E-state index >= 15 is 0 Å². The van der Waals surface area contributed by atoms with E-state index in [-0.39, 0.29) is 5.91 Å². The van der Waals surface area contributed by atoms with E-state index in [9.17, 15) is 9.59 Å². The first kappa shape index (κ1) is 18.3. The number of aryl methyl sites for hydroxylation is 2. The van der Waals surface area contributed by atoms with E-state index in [0.717, 1.165) is 30.6 Å². The van der Waals surface area contributed by atoms with E-state index in [1.54, 1.807) is 4.90 Å². The van der Waals surface area contributed by atoms with Crippen molar-refractivity contribution in [2.75, 3.05) is 19.7 Å². The number of carbonyl (C=O) groups excluding carboxylic acids is 1. The second kappa shape index (κ2) is 8.71. The van der Waals surface area contributed by atoms with Gasteiger partial charge in [-0.1, -0.05) is 12.1 Å². The first-order valence-electron chi connectivity index (χ1n) is 8.68. The number of carbonyl (C=O) groups is 2. The number of piperidine rings is 1. The van der Waals surface area contributed by atoms with Crippen LogP contribution in [0.15, 0.2) is 18.2 Å². The van der Waals surface area contributed by atoms with Crippen LogP contribution in [0.25, 0.3) is 0 Å². The van der Waals surface area contributed by atoms with Gasteiger partial charge >= 0.3 is 5.97 Å². The number of nitrogens with zero attached hydrogens (tertiary/aromatic N) is 1. The van der Waals surface area contributed by atoms with E-state index in [1.807, 2.05) is 26.0 Å². The summed E-state index contributed by atoms with van der Waals surface area (Å²) in [7, 11) is 0. The number of carboxylic acids is 1. The highest BCUT2D eigenvalue weighted by Crippen LogP contribution is 2.20. The minimum atomic E-state index is -0.797. The molecule has 1 fully saturated rings. The van der Waals surface area contributed by atoms with Crippen LogP contribution in [0.1, 0.15) is 43.2 Å². The van der Waals surface area contributed by atoms with Crippen molar-refractivity contribution in [2.24, 2.45) is 5.92 Å². The molecule has 1 aromatic rings. The third-order valence-corrected chi connectivity index (χ3v) is 4.51. The molecule has 5 heteroatoms. The number of unbranched alkanes of at least 4 members (excludes halogenated alkanes) is 1. The number of benzene rings is 1. The van der Waals surface area contributed by atoms with Crippen LogP contribution in [-0.4, -0.2) is 41.6 Å².